The predicted molar refractivity (Wildman–Crippen MR) is 164 cm³/mol. The SMILES string of the molecule is C=CCCC(=O)OC[C@H]1O[C@@H](SCC)[C@H](OC(=O)c2ccccc2)[C@@H](OC(=O)c2ccccc2)[C@@H]1OC(=O)c1ccccc1. The van der Waals surface area contributed by atoms with E-state index in [0.29, 0.717) is 12.2 Å². The summed E-state index contributed by atoms with van der Waals surface area (Å²) in [6.45, 7) is 5.21. The average molecular weight is 619 g/mol. The van der Waals surface area contributed by atoms with Gasteiger partial charge in [0, 0.05) is 6.42 Å². The molecule has 1 heterocycles. The highest BCUT2D eigenvalue weighted by atomic mass is 32.2. The Balaban J connectivity index is 1.72. The number of carbonyl (C=O) groups excluding carboxylic acids is 4. The number of carbonyl (C=O) groups is 4. The number of benzene rings is 3. The molecule has 1 aliphatic rings. The zero-order valence-corrected chi connectivity index (χ0v) is 25.1. The van der Waals surface area contributed by atoms with Gasteiger partial charge >= 0.3 is 23.9 Å². The zero-order chi connectivity index (χ0) is 31.3. The fourth-order valence-electron chi connectivity index (χ4n) is 4.48. The predicted octanol–water partition coefficient (Wildman–Crippen LogP) is 5.65. The lowest BCUT2D eigenvalue weighted by Gasteiger charge is -2.44. The molecule has 0 saturated carbocycles. The van der Waals surface area contributed by atoms with Gasteiger partial charge in [-0.05, 0) is 48.6 Å². The summed E-state index contributed by atoms with van der Waals surface area (Å²) in [6, 6.07) is 24.9. The van der Waals surface area contributed by atoms with Gasteiger partial charge in [-0.3, -0.25) is 4.79 Å². The largest absolute Gasteiger partial charge is 0.463 e. The first-order chi connectivity index (χ1) is 21.4. The monoisotopic (exact) mass is 618 g/mol. The maximum Gasteiger partial charge on any atom is 0.338 e. The number of thioether (sulfide) groups is 1. The molecular weight excluding hydrogens is 584 g/mol. The molecule has 0 unspecified atom stereocenters. The minimum absolute atomic E-state index is 0.0988. The van der Waals surface area contributed by atoms with Crippen LogP contribution < -0.4 is 0 Å². The zero-order valence-electron chi connectivity index (χ0n) is 24.2. The fourth-order valence-corrected chi connectivity index (χ4v) is 5.43. The molecule has 1 fully saturated rings. The van der Waals surface area contributed by atoms with Crippen molar-refractivity contribution in [3.63, 3.8) is 0 Å². The molecule has 0 spiro atoms. The van der Waals surface area contributed by atoms with E-state index in [1.165, 1.54) is 11.8 Å². The van der Waals surface area contributed by atoms with Crippen LogP contribution in [0, 0.1) is 0 Å². The summed E-state index contributed by atoms with van der Waals surface area (Å²) in [5, 5.41) is 0. The van der Waals surface area contributed by atoms with Crippen LogP contribution in [-0.2, 0) is 28.5 Å². The van der Waals surface area contributed by atoms with Crippen molar-refractivity contribution in [2.24, 2.45) is 0 Å². The van der Waals surface area contributed by atoms with Gasteiger partial charge in [0.1, 0.15) is 18.1 Å². The molecular formula is C34H34O9S. The van der Waals surface area contributed by atoms with E-state index in [9.17, 15) is 19.2 Å². The van der Waals surface area contributed by atoms with Crippen LogP contribution in [0.4, 0.5) is 0 Å². The van der Waals surface area contributed by atoms with Gasteiger partial charge in [0.2, 0.25) is 0 Å². The fraction of sp³-hybridized carbons (Fsp3) is 0.294. The molecule has 0 N–H and O–H groups in total. The lowest BCUT2D eigenvalue weighted by atomic mass is 9.98. The standard InChI is InChI=1S/C34H34O9S/c1-3-5-21-27(35)39-22-26-28(41-31(36)23-15-9-6-10-16-23)29(42-32(37)24-17-11-7-12-18-24)30(34(40-26)44-4-2)43-33(38)25-19-13-8-14-20-25/h3,6-20,26,28-30,34H,1,4-5,21-22H2,2H3/t26-,28-,29+,30-,34+/m1/s1. The first-order valence-corrected chi connectivity index (χ1v) is 15.3. The molecule has 5 atom stereocenters. The summed E-state index contributed by atoms with van der Waals surface area (Å²) >= 11 is 1.31. The van der Waals surface area contributed by atoms with E-state index >= 15 is 0 Å². The Kier molecular flexibility index (Phi) is 12.1. The molecule has 44 heavy (non-hydrogen) atoms. The summed E-state index contributed by atoms with van der Waals surface area (Å²) in [4.78, 5) is 52.5. The van der Waals surface area contributed by atoms with E-state index in [0.717, 1.165) is 0 Å². The molecule has 1 aliphatic heterocycles. The van der Waals surface area contributed by atoms with E-state index in [4.69, 9.17) is 23.7 Å². The summed E-state index contributed by atoms with van der Waals surface area (Å²) in [7, 11) is 0. The average Bonchev–Trinajstić information content (AvgIpc) is 3.06. The smallest absolute Gasteiger partial charge is 0.338 e. The van der Waals surface area contributed by atoms with Crippen molar-refractivity contribution in [1.82, 2.24) is 0 Å². The van der Waals surface area contributed by atoms with Crippen molar-refractivity contribution in [1.29, 1.82) is 0 Å². The number of esters is 4. The minimum Gasteiger partial charge on any atom is -0.463 e. The molecule has 0 aliphatic carbocycles. The van der Waals surface area contributed by atoms with Gasteiger partial charge < -0.3 is 23.7 Å². The maximum atomic E-state index is 13.4. The highest BCUT2D eigenvalue weighted by molar-refractivity contribution is 7.99. The van der Waals surface area contributed by atoms with Gasteiger partial charge in [0.05, 0.1) is 16.7 Å². The third kappa shape index (κ3) is 8.81. The molecule has 3 aromatic carbocycles. The van der Waals surface area contributed by atoms with Gasteiger partial charge in [-0.1, -0.05) is 67.6 Å². The molecule has 10 heteroatoms. The Bertz CT molecular complexity index is 1400. The van der Waals surface area contributed by atoms with Crippen LogP contribution >= 0.6 is 11.8 Å². The van der Waals surface area contributed by atoms with Gasteiger partial charge in [-0.25, -0.2) is 14.4 Å². The third-order valence-corrected chi connectivity index (χ3v) is 7.68. The number of hydrogen-bond donors (Lipinski definition) is 0. The van der Waals surface area contributed by atoms with Crippen LogP contribution in [0.25, 0.3) is 0 Å². The van der Waals surface area contributed by atoms with Crippen LogP contribution in [0.1, 0.15) is 50.8 Å². The van der Waals surface area contributed by atoms with Gasteiger partial charge in [-0.15, -0.1) is 18.3 Å². The van der Waals surface area contributed by atoms with Crippen molar-refractivity contribution >= 4 is 35.6 Å². The van der Waals surface area contributed by atoms with E-state index in [1.54, 1.807) is 97.1 Å². The summed E-state index contributed by atoms with van der Waals surface area (Å²) in [5.41, 5.74) is -0.0978. The second kappa shape index (κ2) is 16.4. The molecule has 9 nitrogen and oxygen atoms in total. The molecule has 0 amide bonds. The minimum atomic E-state index is -1.32. The molecule has 4 rings (SSSR count). The van der Waals surface area contributed by atoms with Gasteiger partial charge in [-0.2, -0.15) is 0 Å². The first-order valence-electron chi connectivity index (χ1n) is 14.2. The van der Waals surface area contributed by atoms with Crippen LogP contribution in [0.2, 0.25) is 0 Å². The Hall–Kier alpha value is -4.41. The molecule has 3 aromatic rings. The summed E-state index contributed by atoms with van der Waals surface area (Å²) < 4.78 is 29.7. The van der Waals surface area contributed by atoms with Gasteiger partial charge in [0.15, 0.2) is 18.3 Å². The molecule has 0 bridgehead atoms. The second-order valence-electron chi connectivity index (χ2n) is 9.72. The molecule has 0 radical (unpaired) electrons. The van der Waals surface area contributed by atoms with E-state index in [1.807, 2.05) is 6.92 Å². The van der Waals surface area contributed by atoms with Crippen LogP contribution in [0.15, 0.2) is 104 Å². The Morgan fingerprint density at radius 2 is 1.18 bits per heavy atom. The van der Waals surface area contributed by atoms with Crippen molar-refractivity contribution in [2.75, 3.05) is 12.4 Å². The lowest BCUT2D eigenvalue weighted by Crippen LogP contribution is -2.61. The Morgan fingerprint density at radius 1 is 0.727 bits per heavy atom. The summed E-state index contributed by atoms with van der Waals surface area (Å²) in [5.74, 6) is -2.08. The third-order valence-electron chi connectivity index (χ3n) is 6.64. The van der Waals surface area contributed by atoms with Crippen LogP contribution in [0.5, 0.6) is 0 Å². The van der Waals surface area contributed by atoms with E-state index in [-0.39, 0.29) is 29.7 Å². The van der Waals surface area contributed by atoms with Gasteiger partial charge in [0.25, 0.3) is 0 Å². The normalized spacial score (nSPS) is 21.0. The van der Waals surface area contributed by atoms with Crippen molar-refractivity contribution < 1.29 is 42.9 Å². The van der Waals surface area contributed by atoms with E-state index in [2.05, 4.69) is 6.58 Å². The van der Waals surface area contributed by atoms with Crippen LogP contribution in [-0.4, -0.2) is 66.1 Å². The first kappa shape index (κ1) is 32.5. The number of allylic oxidation sites excluding steroid dienone is 1. The quantitative estimate of drug-likeness (QED) is 0.135. The Labute approximate surface area is 260 Å². The maximum absolute atomic E-state index is 13.4. The summed E-state index contributed by atoms with van der Waals surface area (Å²) in [6.07, 6.45) is -2.77. The highest BCUT2D eigenvalue weighted by Crippen LogP contribution is 2.35. The molecule has 1 saturated heterocycles. The van der Waals surface area contributed by atoms with E-state index < -0.39 is 53.7 Å². The van der Waals surface area contributed by atoms with Crippen molar-refractivity contribution in [2.45, 2.75) is 49.6 Å². The molecule has 230 valence electrons. The van der Waals surface area contributed by atoms with Crippen molar-refractivity contribution in [3.8, 4) is 0 Å². The highest BCUT2D eigenvalue weighted by Gasteiger charge is 2.53. The number of hydrogen-bond acceptors (Lipinski definition) is 10. The second-order valence-corrected chi connectivity index (χ2v) is 11.1. The Morgan fingerprint density at radius 3 is 1.64 bits per heavy atom. The lowest BCUT2D eigenvalue weighted by molar-refractivity contribution is -0.211. The number of rotatable bonds is 13. The molecule has 0 aromatic heterocycles. The van der Waals surface area contributed by atoms with Crippen LogP contribution in [0.3, 0.4) is 0 Å². The number of ether oxygens (including phenoxy) is 5. The van der Waals surface area contributed by atoms with Crippen molar-refractivity contribution in [3.05, 3.63) is 120 Å². The topological polar surface area (TPSA) is 114 Å².